The Balaban J connectivity index is 1.60. The Bertz CT molecular complexity index is 727. The van der Waals surface area contributed by atoms with Crippen molar-refractivity contribution in [1.82, 2.24) is 9.97 Å². The lowest BCUT2D eigenvalue weighted by molar-refractivity contribution is 0.394. The van der Waals surface area contributed by atoms with E-state index in [1.54, 1.807) is 20.4 Å². The van der Waals surface area contributed by atoms with Gasteiger partial charge in [0.25, 0.3) is 0 Å². The molecule has 0 radical (unpaired) electrons. The highest BCUT2D eigenvalue weighted by Crippen LogP contribution is 2.28. The van der Waals surface area contributed by atoms with Crippen LogP contribution in [0.15, 0.2) is 30.6 Å². The average Bonchev–Trinajstić information content (AvgIpc) is 2.68. The van der Waals surface area contributed by atoms with Crippen molar-refractivity contribution in [2.75, 3.05) is 37.5 Å². The molecule has 0 amide bonds. The van der Waals surface area contributed by atoms with E-state index in [1.165, 1.54) is 6.20 Å². The molecular weight excluding hydrogens is 318 g/mol. The normalized spacial score (nSPS) is 14.7. The van der Waals surface area contributed by atoms with Gasteiger partial charge in [-0.3, -0.25) is 0 Å². The molecule has 7 nitrogen and oxygen atoms in total. The molecule has 7 heteroatoms. The fraction of sp³-hybridized carbons (Fsp3) is 0.389. The Kier molecular flexibility index (Phi) is 5.19. The molecule has 0 bridgehead atoms. The van der Waals surface area contributed by atoms with Crippen molar-refractivity contribution in [2.24, 2.45) is 0 Å². The summed E-state index contributed by atoms with van der Waals surface area (Å²) in [5.41, 5.74) is 1.33. The number of methoxy groups -OCH3 is 2. The third-order valence-corrected chi connectivity index (χ3v) is 4.29. The maximum Gasteiger partial charge on any atom is 0.158 e. The Labute approximate surface area is 147 Å². The minimum absolute atomic E-state index is 0.340. The molecule has 0 unspecified atom stereocenters. The molecule has 2 aromatic rings. The zero-order valence-electron chi connectivity index (χ0n) is 14.4. The van der Waals surface area contributed by atoms with Crippen LogP contribution in [0.1, 0.15) is 18.5 Å². The molecule has 1 fully saturated rings. The van der Waals surface area contributed by atoms with Crippen LogP contribution in [0, 0.1) is 11.3 Å². The Morgan fingerprint density at radius 1 is 1.08 bits per heavy atom. The lowest BCUT2D eigenvalue weighted by atomic mass is 10.0. The highest BCUT2D eigenvalue weighted by Gasteiger charge is 2.20. The summed E-state index contributed by atoms with van der Waals surface area (Å²) in [5, 5.41) is 12.4. The van der Waals surface area contributed by atoms with Crippen LogP contribution in [0.4, 0.5) is 11.5 Å². The van der Waals surface area contributed by atoms with E-state index >= 15 is 0 Å². The number of hydrogen-bond donors (Lipinski definition) is 1. The molecule has 0 aliphatic carbocycles. The van der Waals surface area contributed by atoms with Gasteiger partial charge in [-0.25, -0.2) is 9.97 Å². The predicted molar refractivity (Wildman–Crippen MR) is 95.2 cm³/mol. The molecule has 3 rings (SSSR count). The number of benzene rings is 1. The third-order valence-electron chi connectivity index (χ3n) is 4.29. The summed E-state index contributed by atoms with van der Waals surface area (Å²) in [6, 6.07) is 8.17. The topological polar surface area (TPSA) is 83.3 Å². The van der Waals surface area contributed by atoms with Gasteiger partial charge in [-0.05, 0) is 12.8 Å². The van der Waals surface area contributed by atoms with E-state index in [4.69, 9.17) is 14.7 Å². The fourth-order valence-electron chi connectivity index (χ4n) is 2.92. The smallest absolute Gasteiger partial charge is 0.158 e. The molecule has 1 aliphatic heterocycles. The lowest BCUT2D eigenvalue weighted by Crippen LogP contribution is -2.39. The van der Waals surface area contributed by atoms with Crippen LogP contribution in [0.25, 0.3) is 0 Å². The summed E-state index contributed by atoms with van der Waals surface area (Å²) in [5.74, 6) is 2.36. The molecule has 130 valence electrons. The van der Waals surface area contributed by atoms with Crippen molar-refractivity contribution in [3.05, 3.63) is 36.3 Å². The van der Waals surface area contributed by atoms with Gasteiger partial charge in [-0.1, -0.05) is 0 Å². The van der Waals surface area contributed by atoms with Gasteiger partial charge < -0.3 is 19.7 Å². The van der Waals surface area contributed by atoms with Crippen LogP contribution < -0.4 is 19.7 Å². The van der Waals surface area contributed by atoms with E-state index in [1.807, 2.05) is 24.3 Å². The van der Waals surface area contributed by atoms with Crippen molar-refractivity contribution in [1.29, 1.82) is 5.26 Å². The van der Waals surface area contributed by atoms with E-state index in [-0.39, 0.29) is 0 Å². The van der Waals surface area contributed by atoms with Crippen LogP contribution in [0.5, 0.6) is 11.5 Å². The largest absolute Gasteiger partial charge is 0.497 e. The Morgan fingerprint density at radius 3 is 2.28 bits per heavy atom. The second kappa shape index (κ2) is 7.71. The van der Waals surface area contributed by atoms with Gasteiger partial charge in [0.05, 0.1) is 26.6 Å². The van der Waals surface area contributed by atoms with Crippen molar-refractivity contribution < 1.29 is 9.47 Å². The summed E-state index contributed by atoms with van der Waals surface area (Å²) in [4.78, 5) is 10.6. The summed E-state index contributed by atoms with van der Waals surface area (Å²) < 4.78 is 10.6. The standard InChI is InChI=1S/C18H21N5O2/c1-24-16-7-14(8-17(9-16)25-2)22-13-3-5-23(6-4-13)18-12-20-15(10-19)11-21-18/h7-9,11-13,22H,3-6H2,1-2H3. The van der Waals surface area contributed by atoms with E-state index in [2.05, 4.69) is 20.2 Å². The zero-order chi connectivity index (χ0) is 17.6. The Morgan fingerprint density at radius 2 is 1.76 bits per heavy atom. The molecule has 0 atom stereocenters. The van der Waals surface area contributed by atoms with Crippen molar-refractivity contribution >= 4 is 11.5 Å². The number of nitrogens with one attached hydrogen (secondary N) is 1. The number of ether oxygens (including phenoxy) is 2. The van der Waals surface area contributed by atoms with E-state index in [0.29, 0.717) is 11.7 Å². The van der Waals surface area contributed by atoms with Crippen molar-refractivity contribution in [3.8, 4) is 17.6 Å². The van der Waals surface area contributed by atoms with Crippen molar-refractivity contribution in [3.63, 3.8) is 0 Å². The number of hydrogen-bond acceptors (Lipinski definition) is 7. The number of anilines is 2. The quantitative estimate of drug-likeness (QED) is 0.895. The lowest BCUT2D eigenvalue weighted by Gasteiger charge is -2.33. The number of rotatable bonds is 5. The van der Waals surface area contributed by atoms with Crippen LogP contribution in [-0.2, 0) is 0 Å². The first-order valence-corrected chi connectivity index (χ1v) is 8.18. The molecule has 0 spiro atoms. The van der Waals surface area contributed by atoms with Crippen LogP contribution in [0.2, 0.25) is 0 Å². The molecule has 1 N–H and O–H groups in total. The first-order valence-electron chi connectivity index (χ1n) is 8.18. The summed E-state index contributed by atoms with van der Waals surface area (Å²) in [7, 11) is 3.30. The third kappa shape index (κ3) is 4.10. The highest BCUT2D eigenvalue weighted by molar-refractivity contribution is 5.54. The molecule has 1 aromatic carbocycles. The number of nitriles is 1. The zero-order valence-corrected chi connectivity index (χ0v) is 14.4. The first kappa shape index (κ1) is 16.8. The average molecular weight is 339 g/mol. The fourth-order valence-corrected chi connectivity index (χ4v) is 2.92. The summed E-state index contributed by atoms with van der Waals surface area (Å²) in [6.45, 7) is 1.78. The van der Waals surface area contributed by atoms with Gasteiger partial charge in [0.1, 0.15) is 23.4 Å². The maximum atomic E-state index is 8.80. The number of piperidine rings is 1. The summed E-state index contributed by atoms with van der Waals surface area (Å²) in [6.07, 6.45) is 5.16. The van der Waals surface area contributed by atoms with Gasteiger partial charge in [0.15, 0.2) is 5.69 Å². The SMILES string of the molecule is COc1cc(NC2CCN(c3cnc(C#N)cn3)CC2)cc(OC)c1. The molecule has 1 aromatic heterocycles. The molecular formula is C18H21N5O2. The number of aromatic nitrogens is 2. The maximum absolute atomic E-state index is 8.80. The van der Waals surface area contributed by atoms with Gasteiger partial charge in [0.2, 0.25) is 0 Å². The monoisotopic (exact) mass is 339 g/mol. The van der Waals surface area contributed by atoms with E-state index in [9.17, 15) is 0 Å². The van der Waals surface area contributed by atoms with Gasteiger partial charge in [-0.2, -0.15) is 5.26 Å². The highest BCUT2D eigenvalue weighted by atomic mass is 16.5. The molecule has 25 heavy (non-hydrogen) atoms. The predicted octanol–water partition coefficient (Wildman–Crippen LogP) is 2.45. The van der Waals surface area contributed by atoms with E-state index < -0.39 is 0 Å². The minimum Gasteiger partial charge on any atom is -0.497 e. The summed E-state index contributed by atoms with van der Waals surface area (Å²) >= 11 is 0. The van der Waals surface area contributed by atoms with Gasteiger partial charge in [0, 0.05) is 43.0 Å². The number of nitrogens with zero attached hydrogens (tertiary/aromatic N) is 4. The van der Waals surface area contributed by atoms with Gasteiger partial charge in [-0.15, -0.1) is 0 Å². The Hall–Kier alpha value is -3.01. The van der Waals surface area contributed by atoms with Crippen LogP contribution in [-0.4, -0.2) is 43.3 Å². The van der Waals surface area contributed by atoms with Crippen LogP contribution >= 0.6 is 0 Å². The van der Waals surface area contributed by atoms with Gasteiger partial charge >= 0.3 is 0 Å². The molecule has 1 saturated heterocycles. The molecule has 1 aliphatic rings. The molecule has 0 saturated carbocycles. The second-order valence-corrected chi connectivity index (χ2v) is 5.88. The first-order chi connectivity index (χ1) is 12.2. The van der Waals surface area contributed by atoms with Crippen LogP contribution in [0.3, 0.4) is 0 Å². The van der Waals surface area contributed by atoms with Crippen molar-refractivity contribution in [2.45, 2.75) is 18.9 Å². The van der Waals surface area contributed by atoms with E-state index in [0.717, 1.165) is 48.9 Å². The minimum atomic E-state index is 0.340. The second-order valence-electron chi connectivity index (χ2n) is 5.88. The molecule has 2 heterocycles.